The van der Waals surface area contributed by atoms with Gasteiger partial charge < -0.3 is 29.7 Å². The van der Waals surface area contributed by atoms with E-state index in [-0.39, 0.29) is 62.9 Å². The number of benzene rings is 2. The predicted octanol–water partition coefficient (Wildman–Crippen LogP) is 6.35. The van der Waals surface area contributed by atoms with Crippen LogP contribution >= 0.6 is 0 Å². The second-order valence-corrected chi connectivity index (χ2v) is 14.7. The van der Waals surface area contributed by atoms with Gasteiger partial charge in [0.2, 0.25) is 5.88 Å². The number of ether oxygens (including phenoxy) is 2. The number of anilines is 1. The van der Waals surface area contributed by atoms with E-state index in [2.05, 4.69) is 44.6 Å². The van der Waals surface area contributed by atoms with Crippen LogP contribution in [0, 0.1) is 29.4 Å². The minimum Gasteiger partial charge on any atom is -0.508 e. The highest BCUT2D eigenvalue weighted by molar-refractivity contribution is 6.04. The molecule has 4 aromatic rings. The Morgan fingerprint density at radius 2 is 1.82 bits per heavy atom. The van der Waals surface area contributed by atoms with E-state index in [0.717, 1.165) is 57.9 Å². The Kier molecular flexibility index (Phi) is 8.27. The van der Waals surface area contributed by atoms with E-state index >= 15 is 4.39 Å². The van der Waals surface area contributed by atoms with Crippen LogP contribution in [0.25, 0.3) is 32.9 Å². The summed E-state index contributed by atoms with van der Waals surface area (Å²) in [6, 6.07) is 6.67. The summed E-state index contributed by atoms with van der Waals surface area (Å²) in [5.74, 6) is 1.44. The Morgan fingerprint density at radius 1 is 1.08 bits per heavy atom. The Balaban J connectivity index is 1.22. The third-order valence-electron chi connectivity index (χ3n) is 11.2. The molecule has 2 saturated heterocycles. The van der Waals surface area contributed by atoms with Crippen molar-refractivity contribution < 1.29 is 23.4 Å². The molecule has 0 amide bonds. The van der Waals surface area contributed by atoms with Crippen LogP contribution in [0.3, 0.4) is 0 Å². The summed E-state index contributed by atoms with van der Waals surface area (Å²) in [5.41, 5.74) is 1.18. The number of fused-ring (bicyclic) bond motifs is 4. The van der Waals surface area contributed by atoms with Gasteiger partial charge in [-0.15, -0.1) is 6.42 Å². The summed E-state index contributed by atoms with van der Waals surface area (Å²) in [6.45, 7) is 6.84. The van der Waals surface area contributed by atoms with E-state index in [9.17, 15) is 9.50 Å². The maximum absolute atomic E-state index is 17.1. The number of methoxy groups -OCH3 is 1. The first kappa shape index (κ1) is 32.7. The third-order valence-corrected chi connectivity index (χ3v) is 11.2. The summed E-state index contributed by atoms with van der Waals surface area (Å²) < 4.78 is 44.3. The Bertz CT molecular complexity index is 2040. The fraction of sp³-hybridized carbons (Fsp3) is 0.462. The molecule has 4 heterocycles. The molecule has 2 aromatic carbocycles. The van der Waals surface area contributed by atoms with Gasteiger partial charge >= 0.3 is 6.01 Å². The van der Waals surface area contributed by atoms with Crippen LogP contribution < -0.4 is 19.7 Å². The number of nitrogens with one attached hydrogen (secondary N) is 1. The van der Waals surface area contributed by atoms with Crippen molar-refractivity contribution in [1.29, 1.82) is 0 Å². The molecule has 2 aliphatic carbocycles. The first-order valence-corrected chi connectivity index (χ1v) is 17.5. The lowest BCUT2D eigenvalue weighted by atomic mass is 9.90. The average molecular weight is 681 g/mol. The van der Waals surface area contributed by atoms with Crippen molar-refractivity contribution in [1.82, 2.24) is 25.2 Å². The van der Waals surface area contributed by atoms with Gasteiger partial charge in [-0.3, -0.25) is 0 Å². The molecule has 2 bridgehead atoms. The number of terminal acetylenes is 1. The van der Waals surface area contributed by atoms with Crippen molar-refractivity contribution in [3.05, 3.63) is 53.6 Å². The first-order valence-electron chi connectivity index (χ1n) is 17.5. The number of phenolic OH excluding ortho intramolecular Hbond substituents is 1. The lowest BCUT2D eigenvalue weighted by Crippen LogP contribution is -2.51. The largest absolute Gasteiger partial charge is 0.508 e. The van der Waals surface area contributed by atoms with Crippen molar-refractivity contribution in [2.75, 3.05) is 45.3 Å². The topological polar surface area (TPSA) is 95.9 Å². The number of hydrogen-bond donors (Lipinski definition) is 2. The molecule has 9 nitrogen and oxygen atoms in total. The molecule has 4 fully saturated rings. The van der Waals surface area contributed by atoms with E-state index < -0.39 is 11.6 Å². The highest BCUT2D eigenvalue weighted by Gasteiger charge is 2.45. The van der Waals surface area contributed by atoms with Crippen LogP contribution in [0.15, 0.2) is 36.4 Å². The molecular weight excluding hydrogens is 638 g/mol. The van der Waals surface area contributed by atoms with Crippen molar-refractivity contribution in [3.8, 4) is 41.2 Å². The maximum atomic E-state index is 17.1. The van der Waals surface area contributed by atoms with Gasteiger partial charge in [0.1, 0.15) is 34.0 Å². The van der Waals surface area contributed by atoms with Crippen LogP contribution in [0.2, 0.25) is 0 Å². The fourth-order valence-corrected chi connectivity index (χ4v) is 8.30. The van der Waals surface area contributed by atoms with E-state index in [0.29, 0.717) is 42.3 Å². The van der Waals surface area contributed by atoms with Gasteiger partial charge in [0.05, 0.1) is 19.3 Å². The summed E-state index contributed by atoms with van der Waals surface area (Å²) in [7, 11) is 3.66. The molecule has 260 valence electrons. The van der Waals surface area contributed by atoms with E-state index in [1.807, 2.05) is 0 Å². The third kappa shape index (κ3) is 5.88. The van der Waals surface area contributed by atoms with Gasteiger partial charge in [-0.05, 0) is 82.0 Å². The average Bonchev–Trinajstić information content (AvgIpc) is 3.80. The number of aromatic hydroxyl groups is 1. The highest BCUT2D eigenvalue weighted by atomic mass is 19.1. The lowest BCUT2D eigenvalue weighted by Gasteiger charge is -2.35. The number of nitrogens with zero attached hydrogens (tertiary/aromatic N) is 5. The maximum Gasteiger partial charge on any atom is 0.319 e. The molecule has 2 atom stereocenters. The van der Waals surface area contributed by atoms with Crippen molar-refractivity contribution in [2.24, 2.45) is 5.41 Å². The summed E-state index contributed by atoms with van der Waals surface area (Å²) in [5, 5.41) is 15.3. The van der Waals surface area contributed by atoms with Gasteiger partial charge in [-0.1, -0.05) is 24.1 Å². The molecular formula is C39H42F2N6O3. The zero-order valence-corrected chi connectivity index (χ0v) is 28.6. The van der Waals surface area contributed by atoms with Crippen LogP contribution in [0.1, 0.15) is 56.9 Å². The molecule has 8 rings (SSSR count). The quantitative estimate of drug-likeness (QED) is 0.155. The van der Waals surface area contributed by atoms with Crippen LogP contribution in [-0.2, 0) is 0 Å². The van der Waals surface area contributed by atoms with E-state index in [4.69, 9.17) is 20.9 Å². The molecule has 50 heavy (non-hydrogen) atoms. The van der Waals surface area contributed by atoms with Crippen LogP contribution in [-0.4, -0.2) is 83.5 Å². The molecule has 0 radical (unpaired) electrons. The zero-order valence-electron chi connectivity index (χ0n) is 28.6. The van der Waals surface area contributed by atoms with Crippen molar-refractivity contribution in [3.63, 3.8) is 0 Å². The van der Waals surface area contributed by atoms with Gasteiger partial charge in [-0.25, -0.2) is 13.8 Å². The number of allylic oxidation sites excluding steroid dienone is 1. The molecule has 11 heteroatoms. The number of rotatable bonds is 9. The van der Waals surface area contributed by atoms with E-state index in [1.165, 1.54) is 36.9 Å². The smallest absolute Gasteiger partial charge is 0.319 e. The number of aromatic nitrogens is 3. The number of halogens is 2. The monoisotopic (exact) mass is 680 g/mol. The van der Waals surface area contributed by atoms with Gasteiger partial charge in [-0.2, -0.15) is 9.97 Å². The highest BCUT2D eigenvalue weighted by Crippen LogP contribution is 2.48. The Morgan fingerprint density at radius 3 is 2.50 bits per heavy atom. The van der Waals surface area contributed by atoms with Crippen LogP contribution in [0.5, 0.6) is 17.6 Å². The molecule has 0 spiro atoms. The summed E-state index contributed by atoms with van der Waals surface area (Å²) in [6.07, 6.45) is 14.3. The minimum atomic E-state index is -0.772. The summed E-state index contributed by atoms with van der Waals surface area (Å²) >= 11 is 0. The first-order chi connectivity index (χ1) is 24.1. The van der Waals surface area contributed by atoms with Gasteiger partial charge in [0.25, 0.3) is 0 Å². The molecule has 2 aliphatic heterocycles. The number of phenols is 1. The summed E-state index contributed by atoms with van der Waals surface area (Å²) in [4.78, 5) is 18.8. The van der Waals surface area contributed by atoms with Gasteiger partial charge in [0, 0.05) is 54.1 Å². The van der Waals surface area contributed by atoms with Crippen molar-refractivity contribution in [2.45, 2.75) is 69.5 Å². The molecule has 2 saturated carbocycles. The van der Waals surface area contributed by atoms with Crippen LogP contribution in [0.4, 0.5) is 14.6 Å². The normalized spacial score (nSPS) is 21.6. The molecule has 4 aliphatic rings. The molecule has 2 unspecified atom stereocenters. The predicted molar refractivity (Wildman–Crippen MR) is 190 cm³/mol. The second-order valence-electron chi connectivity index (χ2n) is 14.7. The minimum absolute atomic E-state index is 0.0222. The fourth-order valence-electron chi connectivity index (χ4n) is 8.30. The van der Waals surface area contributed by atoms with Gasteiger partial charge in [0.15, 0.2) is 5.82 Å². The second kappa shape index (κ2) is 12.7. The number of pyridine rings is 1. The van der Waals surface area contributed by atoms with Crippen molar-refractivity contribution >= 4 is 27.5 Å². The standard InChI is InChI=1S/C39H42F2N6O3/c1-5-28-30(40)13-8-23-16-27(48)17-29(31(23)28)34-33(41)35-32(37(43-34)49-4)36(47-18-24-9-10-25(19-47)42-24)45-38(44-35)50-21-39(14-15-39)20-46(3)26-11-6-22(2)7-12-26/h1,8,13,16-17,24-26,42,48H,2,6-7,9-12,14-15,18-21H2,3-4H3. The van der Waals surface area contributed by atoms with E-state index in [1.54, 1.807) is 0 Å². The molecule has 2 N–H and O–H groups in total. The number of hydrogen-bond acceptors (Lipinski definition) is 9. The SMILES string of the molecule is C#Cc1c(F)ccc2cc(O)cc(-c3nc(OC)c4c(N5CC6CCC(C5)N6)nc(OCC5(CN(C)C6CCC(=C)CC6)CC5)nc4c3F)c12. The lowest BCUT2D eigenvalue weighted by molar-refractivity contribution is 0.130. The zero-order chi connectivity index (χ0) is 34.7. The Labute approximate surface area is 290 Å². The number of piperazine rings is 1. The molecule has 2 aromatic heterocycles. The Hall–Kier alpha value is -4.53.